The summed E-state index contributed by atoms with van der Waals surface area (Å²) in [4.78, 5) is 33.4. The summed E-state index contributed by atoms with van der Waals surface area (Å²) in [6.07, 6.45) is 3.43. The fraction of sp³-hybridized carbons (Fsp3) is 0.118. The van der Waals surface area contributed by atoms with Gasteiger partial charge in [0.15, 0.2) is 11.2 Å². The van der Waals surface area contributed by atoms with E-state index in [2.05, 4.69) is 58.2 Å². The average Bonchev–Trinajstić information content (AvgIpc) is 3.83. The van der Waals surface area contributed by atoms with Crippen molar-refractivity contribution in [3.8, 4) is 39.9 Å². The van der Waals surface area contributed by atoms with Crippen molar-refractivity contribution in [2.75, 3.05) is 7.11 Å². The topological polar surface area (TPSA) is 129 Å². The van der Waals surface area contributed by atoms with E-state index in [-0.39, 0.29) is 11.2 Å². The molecule has 0 aliphatic carbocycles. The molecule has 7 rings (SSSR count). The van der Waals surface area contributed by atoms with E-state index < -0.39 is 11.2 Å². The lowest BCUT2D eigenvalue weighted by atomic mass is 10.1. The molecule has 0 spiro atoms. The minimum atomic E-state index is -0.543. The maximum atomic E-state index is 13.0. The number of fused-ring (bicyclic) bond motifs is 1. The number of aromatic amines is 1. The minimum absolute atomic E-state index is 0.191. The van der Waals surface area contributed by atoms with Crippen LogP contribution >= 0.6 is 27.3 Å². The number of rotatable bonds is 8. The average molecular weight is 723 g/mol. The van der Waals surface area contributed by atoms with Crippen molar-refractivity contribution in [3.05, 3.63) is 126 Å². The largest absolute Gasteiger partial charge is 0.497 e. The number of nitrogens with one attached hydrogen (secondary N) is 1. The van der Waals surface area contributed by atoms with Crippen LogP contribution in [0.15, 0.2) is 115 Å². The number of aryl methyl sites for hydroxylation is 1. The van der Waals surface area contributed by atoms with Crippen molar-refractivity contribution in [2.45, 2.75) is 13.5 Å². The Labute approximate surface area is 285 Å². The predicted molar refractivity (Wildman–Crippen MR) is 190 cm³/mol. The second-order valence-electron chi connectivity index (χ2n) is 10.7. The van der Waals surface area contributed by atoms with Crippen molar-refractivity contribution in [1.82, 2.24) is 33.4 Å². The first-order valence-electron chi connectivity index (χ1n) is 14.9. The summed E-state index contributed by atoms with van der Waals surface area (Å²) < 4.78 is 12.8. The standard InChI is InChI=1S/C34H28BrN9O3S/c1-4-42-29-30(38-33(46)41(2)31(29)45)37-32(42)43-19-23(28(40-43)22-12-16-26(47-3)17-13-22)18-36-39-34-44(25-8-6-5-7-9-25)27(20-48-34)21-10-14-24(35)15-11-21/h5-20H,4H2,1-3H3,(H,38,46)/b36-18+,39-34-. The van der Waals surface area contributed by atoms with Crippen LogP contribution in [0.1, 0.15) is 12.5 Å². The molecule has 0 saturated carbocycles. The van der Waals surface area contributed by atoms with Crippen LogP contribution in [-0.2, 0) is 13.6 Å². The van der Waals surface area contributed by atoms with Crippen LogP contribution in [0, 0.1) is 0 Å². The van der Waals surface area contributed by atoms with Gasteiger partial charge in [0.1, 0.15) is 11.4 Å². The van der Waals surface area contributed by atoms with Gasteiger partial charge in [-0.05, 0) is 61.0 Å². The Morgan fingerprint density at radius 3 is 2.44 bits per heavy atom. The van der Waals surface area contributed by atoms with E-state index in [1.165, 1.54) is 18.4 Å². The van der Waals surface area contributed by atoms with Crippen molar-refractivity contribution < 1.29 is 4.74 Å². The van der Waals surface area contributed by atoms with Gasteiger partial charge in [0.25, 0.3) is 5.56 Å². The molecule has 3 aromatic carbocycles. The smallest absolute Gasteiger partial charge is 0.329 e. The van der Waals surface area contributed by atoms with E-state index in [1.54, 1.807) is 28.8 Å². The summed E-state index contributed by atoms with van der Waals surface area (Å²) in [5.74, 6) is 1.08. The van der Waals surface area contributed by atoms with Crippen LogP contribution in [0.5, 0.6) is 5.75 Å². The SMILES string of the molecule is CCn1c(-n2cc(/C=N/N=c3\scc(-c4ccc(Br)cc4)n3-c3ccccc3)c(-c3ccc(OC)cc3)n2)nc2[nH]c(=O)n(C)c(=O)c21. The molecule has 14 heteroatoms. The summed E-state index contributed by atoms with van der Waals surface area (Å²) >= 11 is 5.01. The zero-order valence-electron chi connectivity index (χ0n) is 26.0. The van der Waals surface area contributed by atoms with Crippen molar-refractivity contribution in [1.29, 1.82) is 0 Å². The van der Waals surface area contributed by atoms with Crippen LogP contribution in [0.4, 0.5) is 0 Å². The third-order valence-electron chi connectivity index (χ3n) is 7.81. The Morgan fingerprint density at radius 2 is 1.73 bits per heavy atom. The number of H-pyrrole nitrogens is 1. The molecular formula is C34H28BrN9O3S. The normalized spacial score (nSPS) is 12.0. The lowest BCUT2D eigenvalue weighted by Gasteiger charge is -2.09. The van der Waals surface area contributed by atoms with E-state index in [0.717, 1.165) is 31.5 Å². The highest BCUT2D eigenvalue weighted by Gasteiger charge is 2.20. The molecule has 0 unspecified atom stereocenters. The maximum absolute atomic E-state index is 13.0. The molecule has 0 amide bonds. The second kappa shape index (κ2) is 12.9. The molecule has 0 bridgehead atoms. The van der Waals surface area contributed by atoms with Crippen LogP contribution in [0.25, 0.3) is 45.3 Å². The number of ether oxygens (including phenoxy) is 1. The highest BCUT2D eigenvalue weighted by molar-refractivity contribution is 9.10. The number of halogens is 1. The number of hydrogen-bond acceptors (Lipinski definition) is 8. The Bertz CT molecular complexity index is 2480. The minimum Gasteiger partial charge on any atom is -0.497 e. The lowest BCUT2D eigenvalue weighted by Crippen LogP contribution is -2.33. The van der Waals surface area contributed by atoms with Gasteiger partial charge in [0.05, 0.1) is 19.0 Å². The number of imidazole rings is 1. The number of aromatic nitrogens is 7. The van der Waals surface area contributed by atoms with Crippen molar-refractivity contribution in [2.24, 2.45) is 17.3 Å². The number of hydrogen-bond donors (Lipinski definition) is 1. The summed E-state index contributed by atoms with van der Waals surface area (Å²) in [5, 5.41) is 16.2. The van der Waals surface area contributed by atoms with Crippen LogP contribution in [0.2, 0.25) is 0 Å². The highest BCUT2D eigenvalue weighted by Crippen LogP contribution is 2.27. The van der Waals surface area contributed by atoms with E-state index in [9.17, 15) is 9.59 Å². The van der Waals surface area contributed by atoms with Gasteiger partial charge in [0, 0.05) is 46.5 Å². The molecule has 0 fully saturated rings. The molecule has 12 nitrogen and oxygen atoms in total. The van der Waals surface area contributed by atoms with E-state index in [1.807, 2.05) is 73.7 Å². The fourth-order valence-electron chi connectivity index (χ4n) is 5.38. The zero-order valence-corrected chi connectivity index (χ0v) is 28.4. The van der Waals surface area contributed by atoms with Gasteiger partial charge in [-0.1, -0.05) is 46.3 Å². The van der Waals surface area contributed by atoms with E-state index in [4.69, 9.17) is 9.84 Å². The molecule has 4 heterocycles. The third kappa shape index (κ3) is 5.65. The summed E-state index contributed by atoms with van der Waals surface area (Å²) in [6, 6.07) is 25.7. The first-order valence-corrected chi connectivity index (χ1v) is 16.6. The number of thiazole rings is 1. The Balaban J connectivity index is 1.37. The summed E-state index contributed by atoms with van der Waals surface area (Å²) in [5.41, 5.74) is 4.57. The second-order valence-corrected chi connectivity index (χ2v) is 12.4. The van der Waals surface area contributed by atoms with Crippen LogP contribution in [-0.4, -0.2) is 46.8 Å². The molecule has 0 saturated heterocycles. The van der Waals surface area contributed by atoms with Crippen molar-refractivity contribution in [3.63, 3.8) is 0 Å². The van der Waals surface area contributed by atoms with Crippen LogP contribution in [0.3, 0.4) is 0 Å². The van der Waals surface area contributed by atoms with Crippen molar-refractivity contribution >= 4 is 44.6 Å². The summed E-state index contributed by atoms with van der Waals surface area (Å²) in [7, 11) is 3.04. The molecular weight excluding hydrogens is 694 g/mol. The molecule has 1 N–H and O–H groups in total. The predicted octanol–water partition coefficient (Wildman–Crippen LogP) is 5.52. The Kier molecular flexibility index (Phi) is 8.33. The monoisotopic (exact) mass is 721 g/mol. The molecule has 48 heavy (non-hydrogen) atoms. The molecule has 4 aromatic heterocycles. The molecule has 0 atom stereocenters. The van der Waals surface area contributed by atoms with Gasteiger partial charge in [-0.3, -0.25) is 18.9 Å². The number of para-hydroxylation sites is 1. The number of methoxy groups -OCH3 is 1. The highest BCUT2D eigenvalue weighted by atomic mass is 79.9. The molecule has 240 valence electrons. The Hall–Kier alpha value is -5.60. The quantitative estimate of drug-likeness (QED) is 0.163. The van der Waals surface area contributed by atoms with Gasteiger partial charge in [-0.25, -0.2) is 9.48 Å². The first-order chi connectivity index (χ1) is 23.4. The fourth-order valence-corrected chi connectivity index (χ4v) is 6.51. The zero-order chi connectivity index (χ0) is 33.4. The van der Waals surface area contributed by atoms with Gasteiger partial charge in [0.2, 0.25) is 10.7 Å². The van der Waals surface area contributed by atoms with E-state index >= 15 is 0 Å². The van der Waals surface area contributed by atoms with Gasteiger partial charge >= 0.3 is 5.69 Å². The maximum Gasteiger partial charge on any atom is 0.329 e. The Morgan fingerprint density at radius 1 is 1.00 bits per heavy atom. The van der Waals surface area contributed by atoms with Gasteiger partial charge in [-0.2, -0.15) is 15.2 Å². The lowest BCUT2D eigenvalue weighted by molar-refractivity contribution is 0.415. The third-order valence-corrected chi connectivity index (χ3v) is 9.16. The van der Waals surface area contributed by atoms with E-state index in [0.29, 0.717) is 34.3 Å². The summed E-state index contributed by atoms with van der Waals surface area (Å²) in [6.45, 7) is 2.32. The molecule has 0 radical (unpaired) electrons. The van der Waals surface area contributed by atoms with Gasteiger partial charge < -0.3 is 9.30 Å². The first kappa shape index (κ1) is 31.0. The molecule has 0 aliphatic rings. The number of nitrogens with zero attached hydrogens (tertiary/aromatic N) is 8. The molecule has 0 aliphatic heterocycles. The number of benzene rings is 3. The van der Waals surface area contributed by atoms with Crippen LogP contribution < -0.4 is 20.8 Å². The van der Waals surface area contributed by atoms with Gasteiger partial charge in [-0.15, -0.1) is 16.4 Å². The molecule has 7 aromatic rings.